The maximum atomic E-state index is 8.86. The molecule has 0 fully saturated rings. The lowest BCUT2D eigenvalue weighted by molar-refractivity contribution is 0.940. The monoisotopic (exact) mass is 331 g/mol. The molecule has 1 aromatic heterocycles. The van der Waals surface area contributed by atoms with Crippen LogP contribution < -0.4 is 11.1 Å². The molecular formula is C14H14BrN5. The largest absolute Gasteiger partial charge is 0.383 e. The van der Waals surface area contributed by atoms with Crippen LogP contribution in [-0.2, 0) is 6.42 Å². The molecule has 0 spiro atoms. The average molecular weight is 332 g/mol. The Hall–Kier alpha value is -2.13. The summed E-state index contributed by atoms with van der Waals surface area (Å²) < 4.78 is 0.797. The number of nitrogens with zero attached hydrogens (tertiary/aromatic N) is 3. The van der Waals surface area contributed by atoms with Gasteiger partial charge >= 0.3 is 0 Å². The third kappa shape index (κ3) is 2.89. The molecule has 102 valence electrons. The Kier molecular flexibility index (Phi) is 4.20. The molecule has 0 unspecified atom stereocenters. The standard InChI is InChI=1S/C14H14BrN5/c1-3-12-19-13(17)8(2)14(20-12)18-11-5-4-9(7-16)6-10(11)15/h4-6H,3H2,1-2H3,(H3,17,18,19,20). The van der Waals surface area contributed by atoms with E-state index < -0.39 is 0 Å². The Balaban J connectivity index is 2.40. The van der Waals surface area contributed by atoms with Crippen molar-refractivity contribution in [2.45, 2.75) is 20.3 Å². The number of anilines is 3. The van der Waals surface area contributed by atoms with Crippen LogP contribution in [0.4, 0.5) is 17.3 Å². The lowest BCUT2D eigenvalue weighted by Gasteiger charge is -2.12. The molecular weight excluding hydrogens is 318 g/mol. The van der Waals surface area contributed by atoms with Gasteiger partial charge in [0.15, 0.2) is 0 Å². The van der Waals surface area contributed by atoms with Crippen LogP contribution >= 0.6 is 15.9 Å². The normalized spacial score (nSPS) is 10.1. The molecule has 0 aliphatic heterocycles. The quantitative estimate of drug-likeness (QED) is 0.900. The fraction of sp³-hybridized carbons (Fsp3) is 0.214. The van der Waals surface area contributed by atoms with E-state index in [0.717, 1.165) is 15.7 Å². The summed E-state index contributed by atoms with van der Waals surface area (Å²) in [5, 5.41) is 12.1. The van der Waals surface area contributed by atoms with Gasteiger partial charge in [0, 0.05) is 16.5 Å². The van der Waals surface area contributed by atoms with E-state index in [9.17, 15) is 0 Å². The van der Waals surface area contributed by atoms with Crippen LogP contribution in [0.2, 0.25) is 0 Å². The highest BCUT2D eigenvalue weighted by Crippen LogP contribution is 2.28. The molecule has 0 radical (unpaired) electrons. The molecule has 0 aliphatic rings. The third-order valence-corrected chi connectivity index (χ3v) is 3.55. The first-order valence-corrected chi connectivity index (χ1v) is 6.94. The minimum Gasteiger partial charge on any atom is -0.383 e. The van der Waals surface area contributed by atoms with Gasteiger partial charge in [0.2, 0.25) is 0 Å². The Morgan fingerprint density at radius 3 is 2.75 bits per heavy atom. The van der Waals surface area contributed by atoms with Crippen LogP contribution in [-0.4, -0.2) is 9.97 Å². The van der Waals surface area contributed by atoms with Crippen molar-refractivity contribution < 1.29 is 0 Å². The maximum Gasteiger partial charge on any atom is 0.139 e. The van der Waals surface area contributed by atoms with Crippen LogP contribution in [0.25, 0.3) is 0 Å². The number of hydrogen-bond donors (Lipinski definition) is 2. The number of nitrogens with one attached hydrogen (secondary N) is 1. The molecule has 0 aliphatic carbocycles. The van der Waals surface area contributed by atoms with Crippen LogP contribution in [0.3, 0.4) is 0 Å². The van der Waals surface area contributed by atoms with Gasteiger partial charge in [-0.2, -0.15) is 5.26 Å². The van der Waals surface area contributed by atoms with Crippen LogP contribution in [0, 0.1) is 18.3 Å². The number of nitriles is 1. The Morgan fingerprint density at radius 2 is 2.15 bits per heavy atom. The first-order valence-electron chi connectivity index (χ1n) is 6.14. The van der Waals surface area contributed by atoms with E-state index in [0.29, 0.717) is 29.4 Å². The van der Waals surface area contributed by atoms with Crippen molar-refractivity contribution in [1.29, 1.82) is 5.26 Å². The van der Waals surface area contributed by atoms with Gasteiger partial charge in [0.05, 0.1) is 17.3 Å². The number of nitrogens with two attached hydrogens (primary N) is 1. The third-order valence-electron chi connectivity index (χ3n) is 2.90. The van der Waals surface area contributed by atoms with E-state index in [1.165, 1.54) is 0 Å². The zero-order valence-electron chi connectivity index (χ0n) is 11.2. The topological polar surface area (TPSA) is 87.6 Å². The second-order valence-electron chi connectivity index (χ2n) is 4.28. The maximum absolute atomic E-state index is 8.86. The van der Waals surface area contributed by atoms with Crippen LogP contribution in [0.15, 0.2) is 22.7 Å². The molecule has 20 heavy (non-hydrogen) atoms. The minimum atomic E-state index is 0.476. The number of hydrogen-bond acceptors (Lipinski definition) is 5. The van der Waals surface area contributed by atoms with Gasteiger partial charge in [-0.15, -0.1) is 0 Å². The average Bonchev–Trinajstić information content (AvgIpc) is 2.45. The van der Waals surface area contributed by atoms with Gasteiger partial charge in [-0.25, -0.2) is 9.97 Å². The Bertz CT molecular complexity index is 691. The summed E-state index contributed by atoms with van der Waals surface area (Å²) in [6.45, 7) is 3.85. The van der Waals surface area contributed by atoms with Crippen molar-refractivity contribution in [3.63, 3.8) is 0 Å². The highest BCUT2D eigenvalue weighted by atomic mass is 79.9. The number of halogens is 1. The van der Waals surface area contributed by atoms with E-state index >= 15 is 0 Å². The molecule has 1 heterocycles. The fourth-order valence-corrected chi connectivity index (χ4v) is 2.15. The summed E-state index contributed by atoms with van der Waals surface area (Å²) in [5.74, 6) is 1.85. The lowest BCUT2D eigenvalue weighted by atomic mass is 10.2. The van der Waals surface area contributed by atoms with Crippen molar-refractivity contribution >= 4 is 33.3 Å². The smallest absolute Gasteiger partial charge is 0.139 e. The number of benzene rings is 1. The summed E-state index contributed by atoms with van der Waals surface area (Å²) in [7, 11) is 0. The zero-order valence-corrected chi connectivity index (χ0v) is 12.8. The van der Waals surface area contributed by atoms with Crippen molar-refractivity contribution in [1.82, 2.24) is 9.97 Å². The molecule has 0 saturated carbocycles. The molecule has 0 amide bonds. The first kappa shape index (κ1) is 14.3. The molecule has 0 atom stereocenters. The van der Waals surface area contributed by atoms with Gasteiger partial charge in [-0.05, 0) is 41.1 Å². The molecule has 1 aromatic carbocycles. The number of rotatable bonds is 3. The molecule has 2 aromatic rings. The summed E-state index contributed by atoms with van der Waals surface area (Å²) in [6.07, 6.45) is 0.716. The van der Waals surface area contributed by atoms with E-state index in [-0.39, 0.29) is 0 Å². The Morgan fingerprint density at radius 1 is 1.40 bits per heavy atom. The van der Waals surface area contributed by atoms with Crippen molar-refractivity contribution in [3.05, 3.63) is 39.6 Å². The van der Waals surface area contributed by atoms with Crippen LogP contribution in [0.5, 0.6) is 0 Å². The van der Waals surface area contributed by atoms with E-state index in [1.807, 2.05) is 19.9 Å². The summed E-state index contributed by atoms with van der Waals surface area (Å²) in [5.41, 5.74) is 8.11. The van der Waals surface area contributed by atoms with E-state index in [4.69, 9.17) is 11.0 Å². The number of aryl methyl sites for hydroxylation is 1. The molecule has 5 nitrogen and oxygen atoms in total. The van der Waals surface area contributed by atoms with Gasteiger partial charge in [0.25, 0.3) is 0 Å². The van der Waals surface area contributed by atoms with Crippen LogP contribution in [0.1, 0.15) is 23.9 Å². The second-order valence-corrected chi connectivity index (χ2v) is 5.14. The first-order chi connectivity index (χ1) is 9.55. The van der Waals surface area contributed by atoms with Crippen molar-refractivity contribution in [2.24, 2.45) is 0 Å². The van der Waals surface area contributed by atoms with Crippen molar-refractivity contribution in [3.8, 4) is 6.07 Å². The van der Waals surface area contributed by atoms with E-state index in [2.05, 4.69) is 37.3 Å². The van der Waals surface area contributed by atoms with Gasteiger partial charge in [0.1, 0.15) is 17.5 Å². The van der Waals surface area contributed by atoms with Crippen molar-refractivity contribution in [2.75, 3.05) is 11.1 Å². The summed E-state index contributed by atoms with van der Waals surface area (Å²) in [4.78, 5) is 8.66. The second kappa shape index (κ2) is 5.88. The minimum absolute atomic E-state index is 0.476. The molecule has 0 bridgehead atoms. The zero-order chi connectivity index (χ0) is 14.7. The highest BCUT2D eigenvalue weighted by Gasteiger charge is 2.10. The number of nitrogen functional groups attached to an aromatic ring is 1. The predicted molar refractivity (Wildman–Crippen MR) is 82.7 cm³/mol. The molecule has 0 saturated heterocycles. The molecule has 6 heteroatoms. The summed E-state index contributed by atoms with van der Waals surface area (Å²) in [6, 6.07) is 7.42. The summed E-state index contributed by atoms with van der Waals surface area (Å²) >= 11 is 3.44. The number of aromatic nitrogens is 2. The fourth-order valence-electron chi connectivity index (χ4n) is 1.68. The predicted octanol–water partition coefficient (Wildman–Crippen LogP) is 3.31. The molecule has 3 N–H and O–H groups in total. The van der Waals surface area contributed by atoms with E-state index in [1.54, 1.807) is 12.1 Å². The van der Waals surface area contributed by atoms with Gasteiger partial charge < -0.3 is 11.1 Å². The van der Waals surface area contributed by atoms with Gasteiger partial charge in [-0.1, -0.05) is 6.92 Å². The highest BCUT2D eigenvalue weighted by molar-refractivity contribution is 9.10. The molecule has 2 rings (SSSR count). The SMILES string of the molecule is CCc1nc(N)c(C)c(Nc2ccc(C#N)cc2Br)n1. The van der Waals surface area contributed by atoms with Gasteiger partial charge in [-0.3, -0.25) is 0 Å². The lowest BCUT2D eigenvalue weighted by Crippen LogP contribution is -2.06. The Labute approximate surface area is 126 Å².